The average Bonchev–Trinajstić information content (AvgIpc) is 2.96. The van der Waals surface area contributed by atoms with E-state index < -0.39 is 11.9 Å². The van der Waals surface area contributed by atoms with Crippen molar-refractivity contribution < 1.29 is 14.7 Å². The number of benzene rings is 1. The van der Waals surface area contributed by atoms with Gasteiger partial charge < -0.3 is 10.0 Å². The molecule has 5 aliphatic rings. The number of carbonyl (C=O) groups is 2. The van der Waals surface area contributed by atoms with Gasteiger partial charge in [-0.2, -0.15) is 0 Å². The molecule has 1 heterocycles. The molecule has 1 amide bonds. The van der Waals surface area contributed by atoms with Gasteiger partial charge in [0.2, 0.25) is 5.91 Å². The molecule has 5 fully saturated rings. The van der Waals surface area contributed by atoms with Crippen molar-refractivity contribution in [3.8, 4) is 0 Å². The zero-order chi connectivity index (χ0) is 17.2. The van der Waals surface area contributed by atoms with Crippen LogP contribution in [0.1, 0.15) is 50.5 Å². The van der Waals surface area contributed by atoms with E-state index in [-0.39, 0.29) is 12.3 Å². The summed E-state index contributed by atoms with van der Waals surface area (Å²) in [6, 6.07) is 8.50. The third-order valence-electron chi connectivity index (χ3n) is 7.30. The molecule has 4 aliphatic carbocycles. The highest BCUT2D eigenvalue weighted by atomic mass is 16.4. The van der Waals surface area contributed by atoms with Gasteiger partial charge in [-0.25, -0.2) is 0 Å². The van der Waals surface area contributed by atoms with Crippen molar-refractivity contribution in [3.63, 3.8) is 0 Å². The third kappa shape index (κ3) is 2.41. The number of carbonyl (C=O) groups excluding carboxylic acids is 1. The lowest BCUT2D eigenvalue weighted by Gasteiger charge is -2.57. The Hall–Kier alpha value is -1.84. The zero-order valence-electron chi connectivity index (χ0n) is 14.5. The molecular weight excluding hydrogens is 314 g/mol. The van der Waals surface area contributed by atoms with Gasteiger partial charge >= 0.3 is 5.97 Å². The van der Waals surface area contributed by atoms with Crippen LogP contribution in [0.3, 0.4) is 0 Å². The smallest absolute Gasteiger partial charge is 0.308 e. The molecule has 4 bridgehead atoms. The molecule has 0 radical (unpaired) electrons. The number of hydrogen-bond donors (Lipinski definition) is 1. The third-order valence-corrected chi connectivity index (χ3v) is 7.30. The first kappa shape index (κ1) is 15.4. The number of aliphatic carboxylic acids is 1. The molecule has 0 aromatic heterocycles. The lowest BCUT2D eigenvalue weighted by Crippen LogP contribution is -2.48. The molecule has 0 spiro atoms. The number of hydrogen-bond acceptors (Lipinski definition) is 2. The summed E-state index contributed by atoms with van der Waals surface area (Å²) in [4.78, 5) is 25.0. The summed E-state index contributed by atoms with van der Waals surface area (Å²) in [5.74, 6) is 1.23. The molecule has 4 saturated carbocycles. The summed E-state index contributed by atoms with van der Waals surface area (Å²) in [5, 5.41) is 9.16. The Balaban J connectivity index is 1.39. The Morgan fingerprint density at radius 1 is 1.00 bits per heavy atom. The predicted octanol–water partition coefficient (Wildman–Crippen LogP) is 3.59. The van der Waals surface area contributed by atoms with Gasteiger partial charge in [-0.05, 0) is 79.4 Å². The molecule has 1 saturated heterocycles. The Morgan fingerprint density at radius 2 is 1.56 bits per heavy atom. The van der Waals surface area contributed by atoms with E-state index in [0.717, 1.165) is 23.4 Å². The van der Waals surface area contributed by atoms with E-state index in [1.807, 2.05) is 12.1 Å². The minimum atomic E-state index is -0.874. The minimum absolute atomic E-state index is 0.0741. The summed E-state index contributed by atoms with van der Waals surface area (Å²) >= 11 is 0. The summed E-state index contributed by atoms with van der Waals surface area (Å²) in [5.41, 5.74) is 2.66. The first-order chi connectivity index (χ1) is 12.0. The maximum Gasteiger partial charge on any atom is 0.308 e. The van der Waals surface area contributed by atoms with Crippen molar-refractivity contribution in [1.29, 1.82) is 0 Å². The fraction of sp³-hybridized carbons (Fsp3) is 0.619. The summed E-state index contributed by atoms with van der Waals surface area (Å²) in [6.45, 7) is 0.297. The highest BCUT2D eigenvalue weighted by Gasteiger charge is 2.51. The van der Waals surface area contributed by atoms with Crippen molar-refractivity contribution in [2.75, 3.05) is 11.4 Å². The first-order valence-corrected chi connectivity index (χ1v) is 9.66. The second kappa shape index (κ2) is 5.33. The SMILES string of the molecule is O=C(O)[C@@H]1CC(=O)N(c2ccc(C34CC5CC(CC(C5)C3)C4)cc2)C1. The van der Waals surface area contributed by atoms with Gasteiger partial charge in [-0.3, -0.25) is 9.59 Å². The Labute approximate surface area is 148 Å². The number of amides is 1. The predicted molar refractivity (Wildman–Crippen MR) is 94.4 cm³/mol. The molecule has 1 aliphatic heterocycles. The topological polar surface area (TPSA) is 57.6 Å². The van der Waals surface area contributed by atoms with Gasteiger partial charge in [0, 0.05) is 18.7 Å². The lowest BCUT2D eigenvalue weighted by atomic mass is 9.48. The Morgan fingerprint density at radius 3 is 2.04 bits per heavy atom. The highest BCUT2D eigenvalue weighted by molar-refractivity contribution is 5.99. The minimum Gasteiger partial charge on any atom is -0.481 e. The summed E-state index contributed by atoms with van der Waals surface area (Å²) in [6.07, 6.45) is 8.45. The van der Waals surface area contributed by atoms with Crippen molar-refractivity contribution in [1.82, 2.24) is 0 Å². The molecule has 4 heteroatoms. The number of carboxylic acids is 1. The quantitative estimate of drug-likeness (QED) is 0.915. The van der Waals surface area contributed by atoms with E-state index in [9.17, 15) is 9.59 Å². The van der Waals surface area contributed by atoms with E-state index in [1.165, 1.54) is 44.1 Å². The molecule has 1 N–H and O–H groups in total. The van der Waals surface area contributed by atoms with Crippen LogP contribution in [0, 0.1) is 23.7 Å². The van der Waals surface area contributed by atoms with Gasteiger partial charge in [0.25, 0.3) is 0 Å². The van der Waals surface area contributed by atoms with E-state index in [0.29, 0.717) is 12.0 Å². The van der Waals surface area contributed by atoms with Gasteiger partial charge in [0.1, 0.15) is 0 Å². The molecule has 132 valence electrons. The average molecular weight is 339 g/mol. The van der Waals surface area contributed by atoms with Crippen molar-refractivity contribution in [2.24, 2.45) is 23.7 Å². The highest BCUT2D eigenvalue weighted by Crippen LogP contribution is 2.60. The van der Waals surface area contributed by atoms with Crippen molar-refractivity contribution in [3.05, 3.63) is 29.8 Å². The number of rotatable bonds is 3. The van der Waals surface area contributed by atoms with Crippen molar-refractivity contribution >= 4 is 17.6 Å². The molecule has 1 aromatic carbocycles. The zero-order valence-corrected chi connectivity index (χ0v) is 14.5. The maximum absolute atomic E-state index is 12.2. The summed E-state index contributed by atoms with van der Waals surface area (Å²) < 4.78 is 0. The Kier molecular flexibility index (Phi) is 3.28. The second-order valence-electron chi connectivity index (χ2n) is 8.99. The van der Waals surface area contributed by atoms with Crippen LogP contribution in [-0.2, 0) is 15.0 Å². The standard InChI is InChI=1S/C21H25NO3/c23-19-8-16(20(24)25)12-22(19)18-3-1-17(2-4-18)21-9-13-5-14(10-21)7-15(6-13)11-21/h1-4,13-16H,5-12H2,(H,24,25)/t13?,14?,15?,16-,21?/m1/s1. The summed E-state index contributed by atoms with van der Waals surface area (Å²) in [7, 11) is 0. The van der Waals surface area contributed by atoms with E-state index in [1.54, 1.807) is 4.90 Å². The second-order valence-corrected chi connectivity index (χ2v) is 8.99. The van der Waals surface area contributed by atoms with Gasteiger partial charge in [0.15, 0.2) is 0 Å². The van der Waals surface area contributed by atoms with E-state index in [2.05, 4.69) is 12.1 Å². The molecule has 4 nitrogen and oxygen atoms in total. The van der Waals surface area contributed by atoms with Crippen LogP contribution in [0.5, 0.6) is 0 Å². The number of carboxylic acid groups (broad SMARTS) is 1. The molecule has 0 unspecified atom stereocenters. The van der Waals surface area contributed by atoms with Crippen molar-refractivity contribution in [2.45, 2.75) is 50.4 Å². The van der Waals surface area contributed by atoms with Crippen LogP contribution < -0.4 is 4.90 Å². The van der Waals surface area contributed by atoms with E-state index in [4.69, 9.17) is 5.11 Å². The molecule has 6 rings (SSSR count). The van der Waals surface area contributed by atoms with Crippen LogP contribution >= 0.6 is 0 Å². The normalized spacial score (nSPS) is 39.2. The molecular formula is C21H25NO3. The van der Waals surface area contributed by atoms with Gasteiger partial charge in [0.05, 0.1) is 5.92 Å². The molecule has 1 aromatic rings. The van der Waals surface area contributed by atoms with E-state index >= 15 is 0 Å². The van der Waals surface area contributed by atoms with Gasteiger partial charge in [-0.1, -0.05) is 12.1 Å². The lowest BCUT2D eigenvalue weighted by molar-refractivity contribution is -0.141. The first-order valence-electron chi connectivity index (χ1n) is 9.66. The maximum atomic E-state index is 12.2. The van der Waals surface area contributed by atoms with Crippen LogP contribution in [0.4, 0.5) is 5.69 Å². The number of nitrogens with zero attached hydrogens (tertiary/aromatic N) is 1. The number of anilines is 1. The molecule has 1 atom stereocenters. The monoisotopic (exact) mass is 339 g/mol. The molecule has 25 heavy (non-hydrogen) atoms. The van der Waals surface area contributed by atoms with Crippen LogP contribution in [0.2, 0.25) is 0 Å². The van der Waals surface area contributed by atoms with Gasteiger partial charge in [-0.15, -0.1) is 0 Å². The fourth-order valence-corrected chi connectivity index (χ4v) is 6.58. The van der Waals surface area contributed by atoms with Crippen LogP contribution in [0.15, 0.2) is 24.3 Å². The Bertz CT molecular complexity index is 688. The fourth-order valence-electron chi connectivity index (χ4n) is 6.58. The van der Waals surface area contributed by atoms with Crippen LogP contribution in [-0.4, -0.2) is 23.5 Å². The van der Waals surface area contributed by atoms with Crippen LogP contribution in [0.25, 0.3) is 0 Å². The largest absolute Gasteiger partial charge is 0.481 e.